The summed E-state index contributed by atoms with van der Waals surface area (Å²) in [6.45, 7) is 12.3. The molecule has 2 N–H and O–H groups in total. The smallest absolute Gasteiger partial charge is 0.0429 e. The van der Waals surface area contributed by atoms with Crippen LogP contribution in [0.1, 0.15) is 53.1 Å². The van der Waals surface area contributed by atoms with Gasteiger partial charge in [0.15, 0.2) is 0 Å². The molecule has 2 nitrogen and oxygen atoms in total. The highest BCUT2D eigenvalue weighted by Gasteiger charge is 2.19. The van der Waals surface area contributed by atoms with E-state index in [9.17, 15) is 0 Å². The number of piperidine rings is 1. The number of nitrogens with zero attached hydrogens (tertiary/aromatic N) is 1. The summed E-state index contributed by atoms with van der Waals surface area (Å²) in [7, 11) is 0. The summed E-state index contributed by atoms with van der Waals surface area (Å²) in [4.78, 5) is 2.53. The molecule has 106 valence electrons. The predicted molar refractivity (Wildman–Crippen MR) is 82.6 cm³/mol. The lowest BCUT2D eigenvalue weighted by molar-refractivity contribution is 0.216. The molecule has 0 bridgehead atoms. The van der Waals surface area contributed by atoms with Crippen LogP contribution in [0.4, 0.5) is 0 Å². The molecule has 1 aromatic carbocycles. The summed E-state index contributed by atoms with van der Waals surface area (Å²) in [5.74, 6) is 0. The van der Waals surface area contributed by atoms with Crippen LogP contribution in [0.3, 0.4) is 0 Å². The molecular formula is C17H28N2. The van der Waals surface area contributed by atoms with Crippen LogP contribution >= 0.6 is 0 Å². The minimum absolute atomic E-state index is 0.150. The summed E-state index contributed by atoms with van der Waals surface area (Å²) in [5, 5.41) is 0. The van der Waals surface area contributed by atoms with Gasteiger partial charge < -0.3 is 10.6 Å². The average Bonchev–Trinajstić information content (AvgIpc) is 2.38. The van der Waals surface area contributed by atoms with E-state index in [1.165, 1.54) is 60.2 Å². The summed E-state index contributed by atoms with van der Waals surface area (Å²) < 4.78 is 0. The number of likely N-dealkylation sites (tertiary alicyclic amines) is 1. The van der Waals surface area contributed by atoms with E-state index in [2.05, 4.69) is 38.7 Å². The predicted octanol–water partition coefficient (Wildman–Crippen LogP) is 3.41. The molecule has 1 saturated heterocycles. The third-order valence-corrected chi connectivity index (χ3v) is 4.70. The average molecular weight is 260 g/mol. The Balaban J connectivity index is 2.20. The van der Waals surface area contributed by atoms with Crippen molar-refractivity contribution in [3.63, 3.8) is 0 Å². The number of hydrogen-bond donors (Lipinski definition) is 1. The van der Waals surface area contributed by atoms with E-state index < -0.39 is 0 Å². The van der Waals surface area contributed by atoms with E-state index in [1.807, 2.05) is 0 Å². The molecule has 2 rings (SSSR count). The van der Waals surface area contributed by atoms with Crippen LogP contribution in [0.25, 0.3) is 0 Å². The lowest BCUT2D eigenvalue weighted by Crippen LogP contribution is -2.36. The fourth-order valence-electron chi connectivity index (χ4n) is 3.31. The van der Waals surface area contributed by atoms with Crippen LogP contribution < -0.4 is 5.73 Å². The van der Waals surface area contributed by atoms with E-state index in [0.29, 0.717) is 0 Å². The van der Waals surface area contributed by atoms with E-state index >= 15 is 0 Å². The quantitative estimate of drug-likeness (QED) is 0.902. The van der Waals surface area contributed by atoms with Crippen molar-refractivity contribution in [2.24, 2.45) is 5.73 Å². The third-order valence-electron chi connectivity index (χ3n) is 4.70. The molecule has 2 heteroatoms. The fourth-order valence-corrected chi connectivity index (χ4v) is 3.31. The van der Waals surface area contributed by atoms with Gasteiger partial charge in [-0.05, 0) is 81.4 Å². The van der Waals surface area contributed by atoms with Crippen molar-refractivity contribution >= 4 is 0 Å². The molecule has 0 amide bonds. The van der Waals surface area contributed by atoms with Gasteiger partial charge in [-0.15, -0.1) is 0 Å². The molecule has 1 heterocycles. The van der Waals surface area contributed by atoms with E-state index in [0.717, 1.165) is 6.54 Å². The number of aryl methyl sites for hydroxylation is 2. The second-order valence-electron chi connectivity index (χ2n) is 6.14. The van der Waals surface area contributed by atoms with Gasteiger partial charge in [0.05, 0.1) is 0 Å². The molecule has 1 fully saturated rings. The van der Waals surface area contributed by atoms with Crippen molar-refractivity contribution in [2.75, 3.05) is 19.6 Å². The Labute approximate surface area is 118 Å². The topological polar surface area (TPSA) is 29.3 Å². The molecule has 0 spiro atoms. The zero-order valence-electron chi connectivity index (χ0n) is 12.9. The van der Waals surface area contributed by atoms with Crippen molar-refractivity contribution in [3.05, 3.63) is 33.9 Å². The Bertz CT molecular complexity index is 419. The number of hydrogen-bond acceptors (Lipinski definition) is 2. The fraction of sp³-hybridized carbons (Fsp3) is 0.647. The van der Waals surface area contributed by atoms with Gasteiger partial charge in [-0.1, -0.05) is 12.5 Å². The Kier molecular flexibility index (Phi) is 4.64. The molecule has 1 aliphatic rings. The van der Waals surface area contributed by atoms with Crippen molar-refractivity contribution in [1.82, 2.24) is 4.90 Å². The number of benzene rings is 1. The van der Waals surface area contributed by atoms with Gasteiger partial charge in [-0.2, -0.15) is 0 Å². The van der Waals surface area contributed by atoms with Crippen LogP contribution in [0.2, 0.25) is 0 Å². The van der Waals surface area contributed by atoms with Crippen LogP contribution in [-0.4, -0.2) is 24.5 Å². The van der Waals surface area contributed by atoms with Crippen LogP contribution in [0.5, 0.6) is 0 Å². The van der Waals surface area contributed by atoms with Gasteiger partial charge in [0, 0.05) is 12.6 Å². The maximum atomic E-state index is 6.52. The maximum Gasteiger partial charge on any atom is 0.0429 e. The Hall–Kier alpha value is -0.860. The minimum atomic E-state index is 0.150. The van der Waals surface area contributed by atoms with Gasteiger partial charge in [-0.25, -0.2) is 0 Å². The van der Waals surface area contributed by atoms with Crippen LogP contribution in [0.15, 0.2) is 6.07 Å². The lowest BCUT2D eigenvalue weighted by atomic mass is 9.89. The normalized spacial score (nSPS) is 18.6. The zero-order chi connectivity index (χ0) is 14.0. The highest BCUT2D eigenvalue weighted by atomic mass is 15.1. The molecule has 0 saturated carbocycles. The molecule has 1 aliphatic heterocycles. The Morgan fingerprint density at radius 1 is 1.00 bits per heavy atom. The summed E-state index contributed by atoms with van der Waals surface area (Å²) >= 11 is 0. The number of rotatable bonds is 3. The molecule has 1 aromatic rings. The van der Waals surface area contributed by atoms with Gasteiger partial charge >= 0.3 is 0 Å². The molecule has 0 radical (unpaired) electrons. The largest absolute Gasteiger partial charge is 0.323 e. The van der Waals surface area contributed by atoms with E-state index in [1.54, 1.807) is 0 Å². The van der Waals surface area contributed by atoms with Crippen molar-refractivity contribution in [2.45, 2.75) is 53.0 Å². The lowest BCUT2D eigenvalue weighted by Gasteiger charge is -2.30. The summed E-state index contributed by atoms with van der Waals surface area (Å²) in [6, 6.07) is 2.43. The molecule has 1 atom stereocenters. The zero-order valence-corrected chi connectivity index (χ0v) is 12.9. The second kappa shape index (κ2) is 6.06. The van der Waals surface area contributed by atoms with Gasteiger partial charge in [0.1, 0.15) is 0 Å². The summed E-state index contributed by atoms with van der Waals surface area (Å²) in [6.07, 6.45) is 4.04. The van der Waals surface area contributed by atoms with E-state index in [-0.39, 0.29) is 6.04 Å². The highest BCUT2D eigenvalue weighted by Crippen LogP contribution is 2.27. The van der Waals surface area contributed by atoms with Crippen molar-refractivity contribution in [1.29, 1.82) is 0 Å². The minimum Gasteiger partial charge on any atom is -0.323 e. The van der Waals surface area contributed by atoms with Gasteiger partial charge in [0.2, 0.25) is 0 Å². The molecule has 19 heavy (non-hydrogen) atoms. The van der Waals surface area contributed by atoms with Crippen LogP contribution in [-0.2, 0) is 0 Å². The van der Waals surface area contributed by atoms with Gasteiger partial charge in [-0.3, -0.25) is 0 Å². The van der Waals surface area contributed by atoms with Crippen LogP contribution in [0, 0.1) is 27.7 Å². The van der Waals surface area contributed by atoms with Crippen molar-refractivity contribution in [3.8, 4) is 0 Å². The first-order valence-electron chi connectivity index (χ1n) is 7.56. The molecular weight excluding hydrogens is 232 g/mol. The van der Waals surface area contributed by atoms with Gasteiger partial charge in [0.25, 0.3) is 0 Å². The summed E-state index contributed by atoms with van der Waals surface area (Å²) in [5.41, 5.74) is 13.4. The monoisotopic (exact) mass is 260 g/mol. The highest BCUT2D eigenvalue weighted by molar-refractivity contribution is 5.45. The first-order chi connectivity index (χ1) is 9.00. The number of nitrogens with two attached hydrogens (primary N) is 1. The maximum absolute atomic E-state index is 6.52. The Morgan fingerprint density at radius 3 is 2.05 bits per heavy atom. The first kappa shape index (κ1) is 14.5. The second-order valence-corrected chi connectivity index (χ2v) is 6.14. The van der Waals surface area contributed by atoms with Crippen molar-refractivity contribution < 1.29 is 0 Å². The molecule has 1 unspecified atom stereocenters. The molecule has 0 aromatic heterocycles. The third kappa shape index (κ3) is 3.18. The van der Waals surface area contributed by atoms with E-state index in [4.69, 9.17) is 5.73 Å². The molecule has 0 aliphatic carbocycles. The Morgan fingerprint density at radius 2 is 1.53 bits per heavy atom. The standard InChI is InChI=1S/C17H28N2/c1-12-10-13(2)15(4)17(14(12)3)16(18)11-19-8-6-5-7-9-19/h10,16H,5-9,11,18H2,1-4H3. The SMILES string of the molecule is Cc1cc(C)c(C)c(C(N)CN2CCCCC2)c1C. The first-order valence-corrected chi connectivity index (χ1v) is 7.56.